The van der Waals surface area contributed by atoms with Gasteiger partial charge in [-0.25, -0.2) is 4.79 Å². The molecule has 0 aliphatic carbocycles. The van der Waals surface area contributed by atoms with Gasteiger partial charge in [-0.15, -0.1) is 0 Å². The Morgan fingerprint density at radius 1 is 0.705 bits per heavy atom. The fraction of sp³-hybridized carbons (Fsp3) is 0.487. The maximum atomic E-state index is 12.9. The van der Waals surface area contributed by atoms with Gasteiger partial charge in [-0.3, -0.25) is 0 Å². The summed E-state index contributed by atoms with van der Waals surface area (Å²) in [6, 6.07) is 25.8. The molecule has 0 N–H and O–H groups in total. The number of esters is 1. The van der Waals surface area contributed by atoms with Crippen molar-refractivity contribution in [3.63, 3.8) is 0 Å². The van der Waals surface area contributed by atoms with Crippen LogP contribution in [-0.4, -0.2) is 12.6 Å². The third-order valence-electron chi connectivity index (χ3n) is 8.48. The highest BCUT2D eigenvalue weighted by molar-refractivity contribution is 5.82. The minimum absolute atomic E-state index is 0.0843. The van der Waals surface area contributed by atoms with Gasteiger partial charge >= 0.3 is 5.97 Å². The first-order chi connectivity index (χ1) is 21.4. The van der Waals surface area contributed by atoms with Crippen LogP contribution in [0.15, 0.2) is 72.8 Å². The molecule has 5 heteroatoms. The van der Waals surface area contributed by atoms with Gasteiger partial charge in [0.2, 0.25) is 0 Å². The minimum atomic E-state index is -1.18. The SMILES string of the molecule is CCCCCCCCOc1ccc(-c2ccc(COc3ccc(OC(=O)[C@@](C)(C#N)[C@H](C)CCCCCC)cc3)cc2)cc1. The quantitative estimate of drug-likeness (QED) is 0.0736. The zero-order valence-electron chi connectivity index (χ0n) is 27.3. The maximum Gasteiger partial charge on any atom is 0.331 e. The fourth-order valence-electron chi connectivity index (χ4n) is 5.12. The predicted octanol–water partition coefficient (Wildman–Crippen LogP) is 10.7. The molecule has 0 unspecified atom stereocenters. The average Bonchev–Trinajstić information content (AvgIpc) is 3.06. The Morgan fingerprint density at radius 3 is 1.82 bits per heavy atom. The number of benzene rings is 3. The molecule has 0 spiro atoms. The smallest absolute Gasteiger partial charge is 0.331 e. The first-order valence-corrected chi connectivity index (χ1v) is 16.6. The number of hydrogen-bond donors (Lipinski definition) is 0. The minimum Gasteiger partial charge on any atom is -0.494 e. The lowest BCUT2D eigenvalue weighted by atomic mass is 9.76. The van der Waals surface area contributed by atoms with Crippen molar-refractivity contribution in [3.8, 4) is 34.4 Å². The van der Waals surface area contributed by atoms with Gasteiger partial charge in [0.05, 0.1) is 12.7 Å². The normalized spacial score (nSPS) is 13.0. The number of hydrogen-bond acceptors (Lipinski definition) is 5. The lowest BCUT2D eigenvalue weighted by Gasteiger charge is -2.26. The summed E-state index contributed by atoms with van der Waals surface area (Å²) in [6.07, 6.45) is 12.8. The maximum absolute atomic E-state index is 12.9. The lowest BCUT2D eigenvalue weighted by Crippen LogP contribution is -2.36. The number of rotatable bonds is 20. The Bertz CT molecular complexity index is 1280. The van der Waals surface area contributed by atoms with E-state index in [2.05, 4.69) is 56.3 Å². The van der Waals surface area contributed by atoms with E-state index in [4.69, 9.17) is 14.2 Å². The van der Waals surface area contributed by atoms with Crippen molar-refractivity contribution in [2.24, 2.45) is 11.3 Å². The fourth-order valence-corrected chi connectivity index (χ4v) is 5.12. The first kappa shape index (κ1) is 34.7. The van der Waals surface area contributed by atoms with Crippen molar-refractivity contribution in [2.75, 3.05) is 6.61 Å². The molecule has 3 aromatic carbocycles. The van der Waals surface area contributed by atoms with Gasteiger partial charge in [-0.2, -0.15) is 5.26 Å². The van der Waals surface area contributed by atoms with Crippen molar-refractivity contribution in [2.45, 2.75) is 105 Å². The zero-order valence-corrected chi connectivity index (χ0v) is 27.3. The monoisotopic (exact) mass is 597 g/mol. The molecule has 0 saturated carbocycles. The first-order valence-electron chi connectivity index (χ1n) is 16.6. The summed E-state index contributed by atoms with van der Waals surface area (Å²) in [4.78, 5) is 12.9. The zero-order chi connectivity index (χ0) is 31.6. The van der Waals surface area contributed by atoms with Gasteiger partial charge in [0.15, 0.2) is 5.41 Å². The molecule has 3 aromatic rings. The van der Waals surface area contributed by atoms with E-state index >= 15 is 0 Å². The number of ether oxygens (including phenoxy) is 3. The molecule has 0 saturated heterocycles. The third kappa shape index (κ3) is 11.1. The van der Waals surface area contributed by atoms with Crippen LogP contribution in [-0.2, 0) is 11.4 Å². The lowest BCUT2D eigenvalue weighted by molar-refractivity contribution is -0.144. The number of carbonyl (C=O) groups is 1. The Hall–Kier alpha value is -3.78. The van der Waals surface area contributed by atoms with E-state index in [1.165, 1.54) is 38.5 Å². The highest BCUT2D eigenvalue weighted by Gasteiger charge is 2.41. The summed E-state index contributed by atoms with van der Waals surface area (Å²) in [5.41, 5.74) is 2.16. The molecule has 0 aliphatic rings. The Labute approximate surface area is 265 Å². The van der Waals surface area contributed by atoms with E-state index in [0.717, 1.165) is 61.2 Å². The van der Waals surface area contributed by atoms with Crippen LogP contribution in [0.2, 0.25) is 0 Å². The topological polar surface area (TPSA) is 68.6 Å². The average molecular weight is 598 g/mol. The summed E-state index contributed by atoms with van der Waals surface area (Å²) < 4.78 is 17.5. The third-order valence-corrected chi connectivity index (χ3v) is 8.48. The number of nitrogens with zero attached hydrogens (tertiary/aromatic N) is 1. The van der Waals surface area contributed by atoms with Crippen LogP contribution in [0, 0.1) is 22.7 Å². The van der Waals surface area contributed by atoms with Gasteiger partial charge < -0.3 is 14.2 Å². The Kier molecular flexibility index (Phi) is 14.8. The molecule has 3 rings (SSSR count). The van der Waals surface area contributed by atoms with E-state index in [1.54, 1.807) is 31.2 Å². The van der Waals surface area contributed by atoms with Gasteiger partial charge in [-0.05, 0) is 78.8 Å². The number of unbranched alkanes of at least 4 members (excludes halogenated alkanes) is 8. The van der Waals surface area contributed by atoms with Crippen LogP contribution in [0.5, 0.6) is 17.2 Å². The van der Waals surface area contributed by atoms with Crippen LogP contribution in [0.3, 0.4) is 0 Å². The van der Waals surface area contributed by atoms with E-state index in [-0.39, 0.29) is 5.92 Å². The summed E-state index contributed by atoms with van der Waals surface area (Å²) in [7, 11) is 0. The number of carbonyl (C=O) groups excluding carboxylic acids is 1. The molecule has 0 aromatic heterocycles. The molecule has 236 valence electrons. The van der Waals surface area contributed by atoms with Crippen molar-refractivity contribution >= 4 is 5.97 Å². The predicted molar refractivity (Wildman–Crippen MR) is 179 cm³/mol. The summed E-state index contributed by atoms with van der Waals surface area (Å²) >= 11 is 0. The Balaban J connectivity index is 1.44. The molecule has 0 bridgehead atoms. The second-order valence-corrected chi connectivity index (χ2v) is 12.1. The highest BCUT2D eigenvalue weighted by Crippen LogP contribution is 2.33. The summed E-state index contributed by atoms with van der Waals surface area (Å²) in [6.45, 7) is 9.25. The van der Waals surface area contributed by atoms with Crippen molar-refractivity contribution in [3.05, 3.63) is 78.4 Å². The number of nitriles is 1. The van der Waals surface area contributed by atoms with Crippen LogP contribution in [0.4, 0.5) is 0 Å². The standard InChI is InChI=1S/C39H51NO4/c1-5-7-9-11-12-14-28-42-35-22-20-34(21-23-35)33-18-16-32(17-19-33)29-43-36-24-26-37(27-25-36)44-38(41)39(4,30-40)31(3)15-13-10-8-6-2/h16-27,31H,5-15,28-29H2,1-4H3/t31-,39+/m1/s1. The van der Waals surface area contributed by atoms with Crippen molar-refractivity contribution < 1.29 is 19.0 Å². The second kappa shape index (κ2) is 18.8. The van der Waals surface area contributed by atoms with Crippen LogP contribution in [0.1, 0.15) is 104 Å². The summed E-state index contributed by atoms with van der Waals surface area (Å²) in [5.74, 6) is 1.41. The van der Waals surface area contributed by atoms with Crippen molar-refractivity contribution in [1.29, 1.82) is 5.26 Å². The van der Waals surface area contributed by atoms with Gasteiger partial charge in [0.1, 0.15) is 23.9 Å². The second-order valence-electron chi connectivity index (χ2n) is 12.1. The van der Waals surface area contributed by atoms with Gasteiger partial charge in [-0.1, -0.05) is 115 Å². The molecular weight excluding hydrogens is 546 g/mol. The molecule has 0 heterocycles. The van der Waals surface area contributed by atoms with Crippen molar-refractivity contribution in [1.82, 2.24) is 0 Å². The molecule has 0 aliphatic heterocycles. The molecule has 2 atom stereocenters. The largest absolute Gasteiger partial charge is 0.494 e. The molecule has 44 heavy (non-hydrogen) atoms. The molecule has 0 radical (unpaired) electrons. The van der Waals surface area contributed by atoms with E-state index in [1.807, 2.05) is 19.1 Å². The molecular formula is C39H51NO4. The molecule has 0 fully saturated rings. The van der Waals surface area contributed by atoms with E-state index < -0.39 is 11.4 Å². The van der Waals surface area contributed by atoms with Crippen LogP contribution >= 0.6 is 0 Å². The van der Waals surface area contributed by atoms with E-state index in [0.29, 0.717) is 18.1 Å². The molecule has 0 amide bonds. The van der Waals surface area contributed by atoms with Crippen LogP contribution < -0.4 is 14.2 Å². The van der Waals surface area contributed by atoms with Crippen LogP contribution in [0.25, 0.3) is 11.1 Å². The van der Waals surface area contributed by atoms with Gasteiger partial charge in [0, 0.05) is 0 Å². The molecule has 5 nitrogen and oxygen atoms in total. The highest BCUT2D eigenvalue weighted by atomic mass is 16.5. The summed E-state index contributed by atoms with van der Waals surface area (Å²) in [5, 5.41) is 9.81. The van der Waals surface area contributed by atoms with Gasteiger partial charge in [0.25, 0.3) is 0 Å². The Morgan fingerprint density at radius 2 is 1.20 bits per heavy atom. The van der Waals surface area contributed by atoms with E-state index in [9.17, 15) is 10.1 Å².